The van der Waals surface area contributed by atoms with Gasteiger partial charge in [0.15, 0.2) is 0 Å². The van der Waals surface area contributed by atoms with Crippen LogP contribution in [0.4, 0.5) is 0 Å². The number of hydrogen-bond acceptors (Lipinski definition) is 4. The van der Waals surface area contributed by atoms with Gasteiger partial charge < -0.3 is 5.32 Å². The van der Waals surface area contributed by atoms with Crippen LogP contribution in [-0.2, 0) is 12.8 Å². The molecular formula is C15H19N3S. The van der Waals surface area contributed by atoms with Gasteiger partial charge in [0.1, 0.15) is 10.0 Å². The summed E-state index contributed by atoms with van der Waals surface area (Å²) in [4.78, 5) is 0. The normalized spacial score (nSPS) is 17.0. The second kappa shape index (κ2) is 5.80. The summed E-state index contributed by atoms with van der Waals surface area (Å²) in [7, 11) is 0. The van der Waals surface area contributed by atoms with Gasteiger partial charge in [-0.05, 0) is 30.5 Å². The van der Waals surface area contributed by atoms with E-state index in [2.05, 4.69) is 46.7 Å². The fourth-order valence-electron chi connectivity index (χ4n) is 2.48. The summed E-state index contributed by atoms with van der Waals surface area (Å²) in [5.74, 6) is 0.492. The highest BCUT2D eigenvalue weighted by Gasteiger charge is 2.29. The number of fused-ring (bicyclic) bond motifs is 1. The van der Waals surface area contributed by atoms with E-state index >= 15 is 0 Å². The second-order valence-corrected chi connectivity index (χ2v) is 6.08. The van der Waals surface area contributed by atoms with Crippen molar-refractivity contribution in [2.45, 2.75) is 32.1 Å². The van der Waals surface area contributed by atoms with Crippen LogP contribution in [0, 0.1) is 0 Å². The number of nitrogens with zero attached hydrogens (tertiary/aromatic N) is 2. The molecule has 3 rings (SSSR count). The molecule has 1 N–H and O–H groups in total. The highest BCUT2D eigenvalue weighted by atomic mass is 32.1. The SMILES string of the molecule is CCCNCCc1nnc(C2Cc3ccccc32)s1. The Balaban J connectivity index is 1.60. The summed E-state index contributed by atoms with van der Waals surface area (Å²) >= 11 is 1.78. The molecule has 1 aliphatic carbocycles. The number of aromatic nitrogens is 2. The predicted octanol–water partition coefficient (Wildman–Crippen LogP) is 2.77. The van der Waals surface area contributed by atoms with E-state index in [0.29, 0.717) is 5.92 Å². The van der Waals surface area contributed by atoms with Crippen LogP contribution >= 0.6 is 11.3 Å². The van der Waals surface area contributed by atoms with E-state index in [1.807, 2.05) is 0 Å². The largest absolute Gasteiger partial charge is 0.316 e. The molecule has 100 valence electrons. The molecule has 0 aliphatic heterocycles. The molecule has 0 spiro atoms. The van der Waals surface area contributed by atoms with Gasteiger partial charge in [0.2, 0.25) is 0 Å². The Labute approximate surface area is 118 Å². The van der Waals surface area contributed by atoms with Crippen molar-refractivity contribution in [2.75, 3.05) is 13.1 Å². The fraction of sp³-hybridized carbons (Fsp3) is 0.467. The first-order valence-electron chi connectivity index (χ1n) is 6.99. The van der Waals surface area contributed by atoms with Crippen LogP contribution < -0.4 is 5.32 Å². The Bertz CT molecular complexity index is 550. The van der Waals surface area contributed by atoms with Crippen LogP contribution in [0.2, 0.25) is 0 Å². The number of hydrogen-bond donors (Lipinski definition) is 1. The van der Waals surface area contributed by atoms with Crippen LogP contribution in [0.5, 0.6) is 0 Å². The molecule has 1 aromatic heterocycles. The van der Waals surface area contributed by atoms with E-state index in [1.165, 1.54) is 22.6 Å². The lowest BCUT2D eigenvalue weighted by molar-refractivity contribution is 0.665. The molecule has 0 radical (unpaired) electrons. The number of benzene rings is 1. The molecule has 0 amide bonds. The zero-order chi connectivity index (χ0) is 13.1. The van der Waals surface area contributed by atoms with Crippen LogP contribution in [0.1, 0.15) is 40.4 Å². The highest BCUT2D eigenvalue weighted by molar-refractivity contribution is 7.11. The molecule has 0 saturated heterocycles. The minimum atomic E-state index is 0.492. The Morgan fingerprint density at radius 3 is 3.00 bits per heavy atom. The van der Waals surface area contributed by atoms with Crippen molar-refractivity contribution in [1.29, 1.82) is 0 Å². The van der Waals surface area contributed by atoms with Crippen molar-refractivity contribution in [3.05, 3.63) is 45.4 Å². The molecule has 2 aromatic rings. The summed E-state index contributed by atoms with van der Waals surface area (Å²) < 4.78 is 0. The van der Waals surface area contributed by atoms with Gasteiger partial charge in [-0.15, -0.1) is 21.5 Å². The molecule has 1 aromatic carbocycles. The summed E-state index contributed by atoms with van der Waals surface area (Å²) in [5, 5.41) is 14.4. The Morgan fingerprint density at radius 2 is 2.16 bits per heavy atom. The maximum absolute atomic E-state index is 4.38. The number of rotatable bonds is 6. The first-order chi connectivity index (χ1) is 9.38. The van der Waals surface area contributed by atoms with E-state index in [9.17, 15) is 0 Å². The fourth-order valence-corrected chi connectivity index (χ4v) is 3.45. The summed E-state index contributed by atoms with van der Waals surface area (Å²) in [6, 6.07) is 8.65. The maximum atomic E-state index is 4.38. The molecule has 1 aliphatic rings. The molecule has 0 bridgehead atoms. The lowest BCUT2D eigenvalue weighted by atomic mass is 9.78. The smallest absolute Gasteiger partial charge is 0.125 e. The lowest BCUT2D eigenvalue weighted by Crippen LogP contribution is -2.17. The zero-order valence-corrected chi connectivity index (χ0v) is 12.0. The lowest BCUT2D eigenvalue weighted by Gasteiger charge is -2.27. The molecule has 1 atom stereocenters. The van der Waals surface area contributed by atoms with Gasteiger partial charge in [-0.1, -0.05) is 31.2 Å². The molecule has 4 heteroatoms. The summed E-state index contributed by atoms with van der Waals surface area (Å²) in [5.41, 5.74) is 2.91. The third kappa shape index (κ3) is 2.69. The molecular weight excluding hydrogens is 254 g/mol. The quantitative estimate of drug-likeness (QED) is 0.822. The van der Waals surface area contributed by atoms with Gasteiger partial charge in [0.25, 0.3) is 0 Å². The van der Waals surface area contributed by atoms with Crippen molar-refractivity contribution in [2.24, 2.45) is 0 Å². The van der Waals surface area contributed by atoms with E-state index in [4.69, 9.17) is 0 Å². The Hall–Kier alpha value is -1.26. The van der Waals surface area contributed by atoms with Crippen LogP contribution in [0.3, 0.4) is 0 Å². The van der Waals surface area contributed by atoms with Gasteiger partial charge in [-0.2, -0.15) is 0 Å². The van der Waals surface area contributed by atoms with Gasteiger partial charge >= 0.3 is 0 Å². The van der Waals surface area contributed by atoms with Crippen LogP contribution in [0.25, 0.3) is 0 Å². The minimum absolute atomic E-state index is 0.492. The van der Waals surface area contributed by atoms with Gasteiger partial charge in [0.05, 0.1) is 0 Å². The number of nitrogens with one attached hydrogen (secondary N) is 1. The summed E-state index contributed by atoms with van der Waals surface area (Å²) in [6.07, 6.45) is 3.30. The average Bonchev–Trinajstić information content (AvgIpc) is 2.85. The van der Waals surface area contributed by atoms with Crippen LogP contribution in [0.15, 0.2) is 24.3 Å². The first kappa shape index (κ1) is 12.8. The average molecular weight is 273 g/mol. The van der Waals surface area contributed by atoms with Crippen molar-refractivity contribution >= 4 is 11.3 Å². The van der Waals surface area contributed by atoms with Crippen molar-refractivity contribution in [1.82, 2.24) is 15.5 Å². The molecule has 0 fully saturated rings. The van der Waals surface area contributed by atoms with Gasteiger partial charge in [-0.25, -0.2) is 0 Å². The Morgan fingerprint density at radius 1 is 1.26 bits per heavy atom. The Kier molecular flexibility index (Phi) is 3.89. The highest BCUT2D eigenvalue weighted by Crippen LogP contribution is 2.40. The molecule has 1 unspecified atom stereocenters. The minimum Gasteiger partial charge on any atom is -0.316 e. The predicted molar refractivity (Wildman–Crippen MR) is 78.8 cm³/mol. The van der Waals surface area contributed by atoms with E-state index in [1.54, 1.807) is 11.3 Å². The van der Waals surface area contributed by atoms with Crippen molar-refractivity contribution in [3.8, 4) is 0 Å². The topological polar surface area (TPSA) is 37.8 Å². The molecule has 19 heavy (non-hydrogen) atoms. The molecule has 1 heterocycles. The maximum Gasteiger partial charge on any atom is 0.125 e. The zero-order valence-electron chi connectivity index (χ0n) is 11.2. The van der Waals surface area contributed by atoms with Crippen molar-refractivity contribution in [3.63, 3.8) is 0 Å². The standard InChI is InChI=1S/C15H19N3S/c1-2-8-16-9-7-14-17-18-15(19-14)13-10-11-5-3-4-6-12(11)13/h3-6,13,16H,2,7-10H2,1H3. The van der Waals surface area contributed by atoms with E-state index in [-0.39, 0.29) is 0 Å². The second-order valence-electron chi connectivity index (χ2n) is 4.99. The third-order valence-electron chi connectivity index (χ3n) is 3.58. The first-order valence-corrected chi connectivity index (χ1v) is 7.81. The van der Waals surface area contributed by atoms with Gasteiger partial charge in [0, 0.05) is 18.9 Å². The van der Waals surface area contributed by atoms with E-state index in [0.717, 1.165) is 30.9 Å². The monoisotopic (exact) mass is 273 g/mol. The van der Waals surface area contributed by atoms with E-state index < -0.39 is 0 Å². The summed E-state index contributed by atoms with van der Waals surface area (Å²) in [6.45, 7) is 4.27. The van der Waals surface area contributed by atoms with Crippen molar-refractivity contribution < 1.29 is 0 Å². The van der Waals surface area contributed by atoms with Crippen LogP contribution in [-0.4, -0.2) is 23.3 Å². The molecule has 3 nitrogen and oxygen atoms in total. The van der Waals surface area contributed by atoms with Gasteiger partial charge in [-0.3, -0.25) is 0 Å². The third-order valence-corrected chi connectivity index (χ3v) is 4.67. The molecule has 0 saturated carbocycles.